The fourth-order valence-corrected chi connectivity index (χ4v) is 5.97. The first-order valence-electron chi connectivity index (χ1n) is 12.0. The zero-order valence-electron chi connectivity index (χ0n) is 19.7. The molecule has 1 aromatic carbocycles. The van der Waals surface area contributed by atoms with Gasteiger partial charge >= 0.3 is 0 Å². The number of benzene rings is 1. The van der Waals surface area contributed by atoms with Crippen LogP contribution in [0.2, 0.25) is 0 Å². The van der Waals surface area contributed by atoms with Gasteiger partial charge in [0.05, 0.1) is 13.2 Å². The summed E-state index contributed by atoms with van der Waals surface area (Å²) in [6.45, 7) is 0.528. The van der Waals surface area contributed by atoms with E-state index in [1.165, 1.54) is 12.0 Å². The van der Waals surface area contributed by atoms with Crippen molar-refractivity contribution >= 4 is 28.6 Å². The van der Waals surface area contributed by atoms with Gasteiger partial charge in [-0.2, -0.15) is 5.26 Å². The maximum atomic E-state index is 14.3. The van der Waals surface area contributed by atoms with E-state index in [4.69, 9.17) is 4.74 Å². The Kier molecular flexibility index (Phi) is 6.06. The first kappa shape index (κ1) is 24.0. The standard InChI is InChI=1S/C25H27F2N5O4/c1-36-20-4-2-3-18-16(20)8-19(31-18)24(35)32-12-14-9-25(26,27)10-17(14)21(32)23(34)30-15(11-28)7-13-5-6-29-22(13)33/h2-4,8,13-15,17,21,31H,5-7,9-10,12H2,1H3,(H,29,33)(H,30,34)/t13-,14-,15+,17-,21+/m0/s1. The molecule has 9 nitrogen and oxygen atoms in total. The van der Waals surface area contributed by atoms with Crippen LogP contribution in [0.3, 0.4) is 0 Å². The molecule has 2 aromatic rings. The third kappa shape index (κ3) is 4.25. The zero-order chi connectivity index (χ0) is 25.6. The number of amides is 3. The number of hydrogen-bond donors (Lipinski definition) is 3. The third-order valence-electron chi connectivity index (χ3n) is 7.63. The quantitative estimate of drug-likeness (QED) is 0.562. The molecule has 190 valence electrons. The molecule has 2 aliphatic heterocycles. The predicted molar refractivity (Wildman–Crippen MR) is 124 cm³/mol. The summed E-state index contributed by atoms with van der Waals surface area (Å²) in [7, 11) is 1.52. The molecular weight excluding hydrogens is 472 g/mol. The van der Waals surface area contributed by atoms with Crippen molar-refractivity contribution < 1.29 is 27.9 Å². The van der Waals surface area contributed by atoms with E-state index < -0.39 is 60.4 Å². The number of halogens is 2. The molecule has 0 spiro atoms. The van der Waals surface area contributed by atoms with Crippen LogP contribution in [0, 0.1) is 29.1 Å². The molecule has 0 unspecified atom stereocenters. The van der Waals surface area contributed by atoms with E-state index in [-0.39, 0.29) is 24.6 Å². The average molecular weight is 500 g/mol. The number of aromatic nitrogens is 1. The number of likely N-dealkylation sites (tertiary alicyclic amines) is 1. The van der Waals surface area contributed by atoms with Gasteiger partial charge in [0.15, 0.2) is 0 Å². The lowest BCUT2D eigenvalue weighted by Gasteiger charge is -2.28. The number of ether oxygens (including phenoxy) is 1. The second-order valence-electron chi connectivity index (χ2n) is 9.90. The minimum absolute atomic E-state index is 0.0198. The fourth-order valence-electron chi connectivity index (χ4n) is 5.97. The summed E-state index contributed by atoms with van der Waals surface area (Å²) in [5.74, 6) is -5.29. The van der Waals surface area contributed by atoms with Crippen molar-refractivity contribution in [3.8, 4) is 11.8 Å². The summed E-state index contributed by atoms with van der Waals surface area (Å²) in [6, 6.07) is 6.84. The van der Waals surface area contributed by atoms with Crippen molar-refractivity contribution in [3.63, 3.8) is 0 Å². The Morgan fingerprint density at radius 1 is 1.36 bits per heavy atom. The maximum absolute atomic E-state index is 14.3. The number of methoxy groups -OCH3 is 1. The monoisotopic (exact) mass is 499 g/mol. The topological polar surface area (TPSA) is 127 Å². The number of nitrogens with zero attached hydrogens (tertiary/aromatic N) is 2. The summed E-state index contributed by atoms with van der Waals surface area (Å²) in [6.07, 6.45) is -0.208. The Balaban J connectivity index is 1.40. The summed E-state index contributed by atoms with van der Waals surface area (Å²) < 4.78 is 33.9. The predicted octanol–water partition coefficient (Wildman–Crippen LogP) is 2.20. The number of H-pyrrole nitrogens is 1. The van der Waals surface area contributed by atoms with Crippen LogP contribution in [0.1, 0.15) is 36.2 Å². The Hall–Kier alpha value is -3.68. The van der Waals surface area contributed by atoms with Gasteiger partial charge in [-0.25, -0.2) is 8.78 Å². The lowest BCUT2D eigenvalue weighted by molar-refractivity contribution is -0.127. The van der Waals surface area contributed by atoms with E-state index in [0.717, 1.165) is 0 Å². The smallest absolute Gasteiger partial charge is 0.271 e. The number of nitriles is 1. The second kappa shape index (κ2) is 9.08. The van der Waals surface area contributed by atoms with Gasteiger partial charge in [0, 0.05) is 42.8 Å². The summed E-state index contributed by atoms with van der Waals surface area (Å²) >= 11 is 0. The van der Waals surface area contributed by atoms with Crippen LogP contribution in [0.4, 0.5) is 8.78 Å². The van der Waals surface area contributed by atoms with Crippen LogP contribution in [0.5, 0.6) is 5.75 Å². The Morgan fingerprint density at radius 2 is 2.17 bits per heavy atom. The van der Waals surface area contributed by atoms with Crippen molar-refractivity contribution in [2.45, 2.75) is 43.7 Å². The number of hydrogen-bond acceptors (Lipinski definition) is 5. The Bertz CT molecular complexity index is 1250. The first-order chi connectivity index (χ1) is 17.2. The number of nitrogens with one attached hydrogen (secondary N) is 3. The van der Waals surface area contributed by atoms with Gasteiger partial charge in [-0.3, -0.25) is 14.4 Å². The molecule has 0 radical (unpaired) electrons. The largest absolute Gasteiger partial charge is 0.496 e. The number of rotatable bonds is 6. The molecule has 3 aliphatic rings. The number of aromatic amines is 1. The van der Waals surface area contributed by atoms with Gasteiger partial charge in [0.1, 0.15) is 23.5 Å². The van der Waals surface area contributed by atoms with Crippen LogP contribution < -0.4 is 15.4 Å². The number of alkyl halides is 2. The molecule has 3 amide bonds. The normalized spacial score (nSPS) is 27.4. The highest BCUT2D eigenvalue weighted by atomic mass is 19.3. The minimum Gasteiger partial charge on any atom is -0.496 e. The van der Waals surface area contributed by atoms with E-state index in [1.54, 1.807) is 24.3 Å². The van der Waals surface area contributed by atoms with Crippen molar-refractivity contribution in [3.05, 3.63) is 30.0 Å². The molecule has 3 fully saturated rings. The molecule has 0 bridgehead atoms. The average Bonchev–Trinajstić information content (AvgIpc) is 3.59. The van der Waals surface area contributed by atoms with E-state index in [0.29, 0.717) is 29.6 Å². The molecule has 1 aromatic heterocycles. The molecule has 5 rings (SSSR count). The highest BCUT2D eigenvalue weighted by Gasteiger charge is 2.58. The lowest BCUT2D eigenvalue weighted by Crippen LogP contribution is -2.51. The zero-order valence-corrected chi connectivity index (χ0v) is 19.7. The van der Waals surface area contributed by atoms with Crippen LogP contribution in [0.15, 0.2) is 24.3 Å². The molecule has 2 saturated heterocycles. The molecule has 5 atom stereocenters. The number of fused-ring (bicyclic) bond motifs is 2. The number of carbonyl (C=O) groups is 3. The number of carbonyl (C=O) groups excluding carboxylic acids is 3. The summed E-state index contributed by atoms with van der Waals surface area (Å²) in [4.78, 5) is 43.3. The molecule has 1 aliphatic carbocycles. The lowest BCUT2D eigenvalue weighted by atomic mass is 9.92. The molecule has 11 heteroatoms. The van der Waals surface area contributed by atoms with Crippen molar-refractivity contribution in [1.82, 2.24) is 20.5 Å². The third-order valence-corrected chi connectivity index (χ3v) is 7.63. The van der Waals surface area contributed by atoms with E-state index >= 15 is 0 Å². The molecule has 36 heavy (non-hydrogen) atoms. The first-order valence-corrected chi connectivity index (χ1v) is 12.0. The Labute approximate surface area is 206 Å². The molecular formula is C25H27F2N5O4. The summed E-state index contributed by atoms with van der Waals surface area (Å²) in [5.41, 5.74) is 0.891. The van der Waals surface area contributed by atoms with Gasteiger partial charge in [0.2, 0.25) is 17.7 Å². The van der Waals surface area contributed by atoms with Crippen LogP contribution in [0.25, 0.3) is 10.9 Å². The van der Waals surface area contributed by atoms with Crippen molar-refractivity contribution in [2.75, 3.05) is 20.2 Å². The van der Waals surface area contributed by atoms with E-state index in [9.17, 15) is 28.4 Å². The SMILES string of the molecule is COc1cccc2[nH]c(C(=O)N3C[C@@H]4CC(F)(F)C[C@@H]4[C@@H]3C(=O)N[C@@H](C#N)C[C@@H]3CCNC3=O)cc12. The van der Waals surface area contributed by atoms with Crippen molar-refractivity contribution in [1.29, 1.82) is 5.26 Å². The maximum Gasteiger partial charge on any atom is 0.271 e. The van der Waals surface area contributed by atoms with Crippen LogP contribution in [-0.4, -0.2) is 65.8 Å². The van der Waals surface area contributed by atoms with Gasteiger partial charge in [-0.05, 0) is 42.9 Å². The highest BCUT2D eigenvalue weighted by Crippen LogP contribution is 2.50. The van der Waals surface area contributed by atoms with E-state index in [1.807, 2.05) is 6.07 Å². The van der Waals surface area contributed by atoms with Gasteiger partial charge in [-0.1, -0.05) is 6.07 Å². The van der Waals surface area contributed by atoms with Crippen LogP contribution >= 0.6 is 0 Å². The van der Waals surface area contributed by atoms with Gasteiger partial charge in [0.25, 0.3) is 5.91 Å². The van der Waals surface area contributed by atoms with E-state index in [2.05, 4.69) is 15.6 Å². The second-order valence-corrected chi connectivity index (χ2v) is 9.90. The minimum atomic E-state index is -2.91. The van der Waals surface area contributed by atoms with Crippen LogP contribution in [-0.2, 0) is 9.59 Å². The molecule has 3 heterocycles. The van der Waals surface area contributed by atoms with Gasteiger partial charge < -0.3 is 25.3 Å². The van der Waals surface area contributed by atoms with Crippen molar-refractivity contribution in [2.24, 2.45) is 17.8 Å². The molecule has 1 saturated carbocycles. The Morgan fingerprint density at radius 3 is 2.86 bits per heavy atom. The summed E-state index contributed by atoms with van der Waals surface area (Å²) in [5, 5.41) is 15.6. The molecule has 3 N–H and O–H groups in total. The van der Waals surface area contributed by atoms with Gasteiger partial charge in [-0.15, -0.1) is 0 Å². The highest BCUT2D eigenvalue weighted by molar-refractivity contribution is 6.02. The fraction of sp³-hybridized carbons (Fsp3) is 0.520.